The topological polar surface area (TPSA) is 69.6 Å². The summed E-state index contributed by atoms with van der Waals surface area (Å²) in [5.74, 6) is 0. The van der Waals surface area contributed by atoms with Crippen LogP contribution in [0.4, 0.5) is 0 Å². The molecule has 5 nitrogen and oxygen atoms in total. The zero-order valence-electron chi connectivity index (χ0n) is 12.5. The lowest BCUT2D eigenvalue weighted by molar-refractivity contribution is 0.281. The minimum atomic E-state index is -3.56. The molecule has 0 aliphatic rings. The van der Waals surface area contributed by atoms with Gasteiger partial charge in [-0.25, -0.2) is 13.1 Å². The van der Waals surface area contributed by atoms with Crippen molar-refractivity contribution in [3.63, 3.8) is 0 Å². The monoisotopic (exact) mass is 378 g/mol. The van der Waals surface area contributed by atoms with Gasteiger partial charge < -0.3 is 10.0 Å². The van der Waals surface area contributed by atoms with Crippen LogP contribution >= 0.6 is 15.9 Å². The van der Waals surface area contributed by atoms with Crippen molar-refractivity contribution in [1.29, 1.82) is 0 Å². The summed E-state index contributed by atoms with van der Waals surface area (Å²) >= 11 is 3.24. The van der Waals surface area contributed by atoms with Crippen molar-refractivity contribution in [2.24, 2.45) is 0 Å². The van der Waals surface area contributed by atoms with Gasteiger partial charge >= 0.3 is 0 Å². The van der Waals surface area contributed by atoms with Crippen molar-refractivity contribution in [2.45, 2.75) is 31.8 Å². The molecule has 1 aromatic rings. The molecule has 2 N–H and O–H groups in total. The lowest BCUT2D eigenvalue weighted by Gasteiger charge is -2.17. The third-order valence-corrected chi connectivity index (χ3v) is 5.76. The van der Waals surface area contributed by atoms with Crippen molar-refractivity contribution in [3.8, 4) is 0 Å². The minimum absolute atomic E-state index is 0.164. The van der Waals surface area contributed by atoms with E-state index < -0.39 is 10.0 Å². The van der Waals surface area contributed by atoms with Crippen LogP contribution in [-0.4, -0.2) is 44.6 Å². The van der Waals surface area contributed by atoms with Gasteiger partial charge in [-0.1, -0.05) is 19.9 Å². The molecule has 0 aromatic heterocycles. The lowest BCUT2D eigenvalue weighted by atomic mass is 10.2. The van der Waals surface area contributed by atoms with Crippen LogP contribution in [0.15, 0.2) is 27.6 Å². The summed E-state index contributed by atoms with van der Waals surface area (Å²) in [6.45, 7) is 7.19. The zero-order valence-corrected chi connectivity index (χ0v) is 14.9. The maximum atomic E-state index is 12.3. The molecule has 0 fully saturated rings. The van der Waals surface area contributed by atoms with E-state index in [-0.39, 0.29) is 11.5 Å². The SMILES string of the molecule is CCN(CC)CCCNS(=O)(=O)c1cc(CO)ccc1Br. The Bertz CT molecular complexity index is 545. The molecule has 1 aromatic carbocycles. The summed E-state index contributed by atoms with van der Waals surface area (Å²) in [5, 5.41) is 9.11. The number of nitrogens with one attached hydrogen (secondary N) is 1. The van der Waals surface area contributed by atoms with Crippen LogP contribution in [0, 0.1) is 0 Å². The van der Waals surface area contributed by atoms with Crippen LogP contribution in [0.25, 0.3) is 0 Å². The van der Waals surface area contributed by atoms with Crippen LogP contribution in [0.1, 0.15) is 25.8 Å². The molecular weight excluding hydrogens is 356 g/mol. The summed E-state index contributed by atoms with van der Waals surface area (Å²) in [7, 11) is -3.56. The molecule has 0 amide bonds. The van der Waals surface area contributed by atoms with E-state index in [9.17, 15) is 8.42 Å². The van der Waals surface area contributed by atoms with Crippen LogP contribution in [-0.2, 0) is 16.6 Å². The molecule has 0 aliphatic carbocycles. The average Bonchev–Trinajstić information content (AvgIpc) is 2.47. The third kappa shape index (κ3) is 5.67. The highest BCUT2D eigenvalue weighted by molar-refractivity contribution is 9.10. The van der Waals surface area contributed by atoms with E-state index in [1.54, 1.807) is 12.1 Å². The molecule has 0 atom stereocenters. The number of aliphatic hydroxyl groups excluding tert-OH is 1. The molecule has 0 heterocycles. The largest absolute Gasteiger partial charge is 0.392 e. The maximum absolute atomic E-state index is 12.3. The fourth-order valence-electron chi connectivity index (χ4n) is 1.98. The highest BCUT2D eigenvalue weighted by Crippen LogP contribution is 2.23. The summed E-state index contributed by atoms with van der Waals surface area (Å²) in [6, 6.07) is 4.80. The lowest BCUT2D eigenvalue weighted by Crippen LogP contribution is -2.30. The predicted molar refractivity (Wildman–Crippen MR) is 87.7 cm³/mol. The second kappa shape index (κ2) is 8.85. The molecule has 7 heteroatoms. The Morgan fingerprint density at radius 1 is 1.29 bits per heavy atom. The molecule has 120 valence electrons. The van der Waals surface area contributed by atoms with E-state index in [0.29, 0.717) is 16.6 Å². The smallest absolute Gasteiger partial charge is 0.241 e. The number of nitrogens with zero attached hydrogens (tertiary/aromatic N) is 1. The van der Waals surface area contributed by atoms with Gasteiger partial charge in [0.15, 0.2) is 0 Å². The quantitative estimate of drug-likeness (QED) is 0.644. The number of hydrogen-bond acceptors (Lipinski definition) is 4. The summed E-state index contributed by atoms with van der Waals surface area (Å²) in [6.07, 6.45) is 0.762. The van der Waals surface area contributed by atoms with E-state index >= 15 is 0 Å². The Hall–Kier alpha value is -0.470. The van der Waals surface area contributed by atoms with Crippen LogP contribution in [0.2, 0.25) is 0 Å². The van der Waals surface area contributed by atoms with Crippen LogP contribution in [0.5, 0.6) is 0 Å². The molecule has 0 saturated heterocycles. The highest BCUT2D eigenvalue weighted by Gasteiger charge is 2.17. The van der Waals surface area contributed by atoms with Crippen molar-refractivity contribution in [1.82, 2.24) is 9.62 Å². The Balaban J connectivity index is 2.65. The Morgan fingerprint density at radius 2 is 1.95 bits per heavy atom. The van der Waals surface area contributed by atoms with Gasteiger partial charge in [-0.2, -0.15) is 0 Å². The molecule has 21 heavy (non-hydrogen) atoms. The normalized spacial score (nSPS) is 12.0. The van der Waals surface area contributed by atoms with Gasteiger partial charge in [0.25, 0.3) is 0 Å². The van der Waals surface area contributed by atoms with Crippen molar-refractivity contribution in [2.75, 3.05) is 26.2 Å². The molecule has 0 bridgehead atoms. The van der Waals surface area contributed by atoms with Gasteiger partial charge in [-0.05, 0) is 59.7 Å². The second-order valence-electron chi connectivity index (χ2n) is 4.70. The summed E-state index contributed by atoms with van der Waals surface area (Å²) in [5.41, 5.74) is 0.571. The van der Waals surface area contributed by atoms with Gasteiger partial charge in [0.2, 0.25) is 10.0 Å². The molecular formula is C14H23BrN2O3S. The minimum Gasteiger partial charge on any atom is -0.392 e. The number of sulfonamides is 1. The van der Waals surface area contributed by atoms with E-state index in [4.69, 9.17) is 5.11 Å². The Labute approximate surface area is 135 Å². The first-order valence-corrected chi connectivity index (χ1v) is 9.33. The summed E-state index contributed by atoms with van der Waals surface area (Å²) in [4.78, 5) is 2.41. The Morgan fingerprint density at radius 3 is 2.52 bits per heavy atom. The first kappa shape index (κ1) is 18.6. The van der Waals surface area contributed by atoms with Crippen molar-refractivity contribution in [3.05, 3.63) is 28.2 Å². The van der Waals surface area contributed by atoms with E-state index in [2.05, 4.69) is 39.4 Å². The van der Waals surface area contributed by atoms with Crippen LogP contribution in [0.3, 0.4) is 0 Å². The van der Waals surface area contributed by atoms with Gasteiger partial charge in [0.1, 0.15) is 0 Å². The zero-order chi connectivity index (χ0) is 15.9. The van der Waals surface area contributed by atoms with Gasteiger partial charge in [-0.3, -0.25) is 0 Å². The predicted octanol–water partition coefficient (Wildman–Crippen LogP) is 1.95. The van der Waals surface area contributed by atoms with Gasteiger partial charge in [0, 0.05) is 11.0 Å². The van der Waals surface area contributed by atoms with E-state index in [1.807, 2.05) is 0 Å². The Kier molecular flexibility index (Phi) is 7.83. The van der Waals surface area contributed by atoms with Crippen LogP contribution < -0.4 is 4.72 Å². The fourth-order valence-corrected chi connectivity index (χ4v) is 4.06. The molecule has 0 aliphatic heterocycles. The molecule has 0 unspecified atom stereocenters. The maximum Gasteiger partial charge on any atom is 0.241 e. The number of halogens is 1. The van der Waals surface area contributed by atoms with Gasteiger partial charge in [0.05, 0.1) is 11.5 Å². The number of rotatable bonds is 9. The first-order chi connectivity index (χ1) is 9.94. The van der Waals surface area contributed by atoms with E-state index in [1.165, 1.54) is 6.07 Å². The van der Waals surface area contributed by atoms with Crippen molar-refractivity contribution < 1.29 is 13.5 Å². The molecule has 0 spiro atoms. The third-order valence-electron chi connectivity index (χ3n) is 3.31. The first-order valence-electron chi connectivity index (χ1n) is 7.05. The molecule has 1 rings (SSSR count). The fraction of sp³-hybridized carbons (Fsp3) is 0.571. The second-order valence-corrected chi connectivity index (χ2v) is 7.29. The highest BCUT2D eigenvalue weighted by atomic mass is 79.9. The number of hydrogen-bond donors (Lipinski definition) is 2. The van der Waals surface area contributed by atoms with Gasteiger partial charge in [-0.15, -0.1) is 0 Å². The number of aliphatic hydroxyl groups is 1. The van der Waals surface area contributed by atoms with E-state index in [0.717, 1.165) is 26.1 Å². The average molecular weight is 379 g/mol. The standard InChI is InChI=1S/C14H23BrN2O3S/c1-3-17(4-2)9-5-8-16-21(19,20)14-10-12(11-18)6-7-13(14)15/h6-7,10,16,18H,3-5,8-9,11H2,1-2H3. The van der Waals surface area contributed by atoms with Crippen molar-refractivity contribution >= 4 is 26.0 Å². The summed E-state index contributed by atoms with van der Waals surface area (Å²) < 4.78 is 27.6. The number of benzene rings is 1. The molecule has 0 radical (unpaired) electrons. The molecule has 0 saturated carbocycles.